The molecule has 1 fully saturated rings. The van der Waals surface area contributed by atoms with Crippen LogP contribution in [-0.4, -0.2) is 49.5 Å². The third-order valence-electron chi connectivity index (χ3n) is 4.30. The molecule has 0 aliphatic carbocycles. The molecule has 0 saturated carbocycles. The van der Waals surface area contributed by atoms with Crippen molar-refractivity contribution in [2.75, 3.05) is 19.3 Å². The summed E-state index contributed by atoms with van der Waals surface area (Å²) in [5, 5.41) is 6.22. The van der Waals surface area contributed by atoms with Crippen molar-refractivity contribution in [3.63, 3.8) is 0 Å². The maximum absolute atomic E-state index is 12.7. The lowest BCUT2D eigenvalue weighted by atomic mass is 9.97. The minimum Gasteiger partial charge on any atom is -0.337 e. The second kappa shape index (κ2) is 7.10. The molecule has 0 spiro atoms. The van der Waals surface area contributed by atoms with Crippen LogP contribution >= 0.6 is 23.1 Å². The van der Waals surface area contributed by atoms with E-state index >= 15 is 0 Å². The molecule has 1 aliphatic heterocycles. The Morgan fingerprint density at radius 1 is 1.50 bits per heavy atom. The van der Waals surface area contributed by atoms with Crippen LogP contribution in [-0.2, 0) is 13.6 Å². The molecule has 1 atom stereocenters. The highest BCUT2D eigenvalue weighted by Crippen LogP contribution is 2.27. The van der Waals surface area contributed by atoms with Gasteiger partial charge in [0.05, 0.1) is 0 Å². The number of carbonyl (C=O) groups is 1. The van der Waals surface area contributed by atoms with Crippen LogP contribution in [0, 0.1) is 0 Å². The summed E-state index contributed by atoms with van der Waals surface area (Å²) in [4.78, 5) is 31.0. The van der Waals surface area contributed by atoms with Gasteiger partial charge in [0, 0.05) is 38.0 Å². The van der Waals surface area contributed by atoms with Crippen molar-refractivity contribution in [2.45, 2.75) is 36.6 Å². The molecular formula is C15H21N5O2S2. The monoisotopic (exact) mass is 367 g/mol. The third-order valence-corrected chi connectivity index (χ3v) is 6.17. The summed E-state index contributed by atoms with van der Waals surface area (Å²) >= 11 is 3.04. The largest absolute Gasteiger partial charge is 0.345 e. The van der Waals surface area contributed by atoms with Crippen LogP contribution in [0.5, 0.6) is 0 Å². The fourth-order valence-corrected chi connectivity index (χ4v) is 4.34. The van der Waals surface area contributed by atoms with E-state index in [4.69, 9.17) is 0 Å². The molecule has 0 unspecified atom stereocenters. The Bertz CT molecular complexity index is 794. The first-order chi connectivity index (χ1) is 11.5. The van der Waals surface area contributed by atoms with Crippen molar-refractivity contribution in [3.8, 4) is 0 Å². The van der Waals surface area contributed by atoms with Crippen LogP contribution < -0.4 is 5.69 Å². The summed E-state index contributed by atoms with van der Waals surface area (Å²) in [7, 11) is 1.67. The molecule has 1 amide bonds. The molecule has 3 rings (SSSR count). The first-order valence-corrected chi connectivity index (χ1v) is 10.1. The summed E-state index contributed by atoms with van der Waals surface area (Å²) in [5.74, 6) is 0.846. The SMILES string of the molecule is CCn1c([C@H]2CCCN(C(=O)c3csc(SC)n3)C2)nn(C)c1=O. The zero-order valence-corrected chi connectivity index (χ0v) is 15.7. The number of hydrogen-bond donors (Lipinski definition) is 0. The molecule has 2 aromatic heterocycles. The van der Waals surface area contributed by atoms with Crippen LogP contribution in [0.2, 0.25) is 0 Å². The van der Waals surface area contributed by atoms with E-state index < -0.39 is 0 Å². The van der Waals surface area contributed by atoms with Crippen molar-refractivity contribution in [1.29, 1.82) is 0 Å². The number of nitrogens with zero attached hydrogens (tertiary/aromatic N) is 5. The average molecular weight is 368 g/mol. The molecule has 24 heavy (non-hydrogen) atoms. The summed E-state index contributed by atoms with van der Waals surface area (Å²) in [6.07, 6.45) is 3.80. The molecule has 2 aromatic rings. The third kappa shape index (κ3) is 3.14. The van der Waals surface area contributed by atoms with E-state index in [9.17, 15) is 9.59 Å². The predicted molar refractivity (Wildman–Crippen MR) is 94.9 cm³/mol. The van der Waals surface area contributed by atoms with E-state index in [-0.39, 0.29) is 17.5 Å². The Kier molecular flexibility index (Phi) is 5.09. The molecule has 3 heterocycles. The minimum absolute atomic E-state index is 0.0300. The Morgan fingerprint density at radius 3 is 2.96 bits per heavy atom. The fraction of sp³-hybridized carbons (Fsp3) is 0.600. The Morgan fingerprint density at radius 2 is 2.29 bits per heavy atom. The molecular weight excluding hydrogens is 346 g/mol. The molecule has 9 heteroatoms. The first-order valence-electron chi connectivity index (χ1n) is 7.97. The van der Waals surface area contributed by atoms with E-state index in [2.05, 4.69) is 10.1 Å². The van der Waals surface area contributed by atoms with E-state index in [1.807, 2.05) is 23.5 Å². The zero-order chi connectivity index (χ0) is 17.3. The molecule has 1 aliphatic rings. The van der Waals surface area contributed by atoms with Gasteiger partial charge < -0.3 is 4.90 Å². The Hall–Kier alpha value is -1.61. The maximum atomic E-state index is 12.7. The van der Waals surface area contributed by atoms with Crippen LogP contribution in [0.15, 0.2) is 14.5 Å². The second-order valence-electron chi connectivity index (χ2n) is 5.80. The lowest BCUT2D eigenvalue weighted by molar-refractivity contribution is 0.0697. The Labute approximate surface area is 148 Å². The quantitative estimate of drug-likeness (QED) is 0.771. The number of piperidine rings is 1. The van der Waals surface area contributed by atoms with E-state index in [0.29, 0.717) is 18.8 Å². The van der Waals surface area contributed by atoms with Gasteiger partial charge in [0.2, 0.25) is 0 Å². The number of carbonyl (C=O) groups excluding carboxylic acids is 1. The highest BCUT2D eigenvalue weighted by Gasteiger charge is 2.30. The molecule has 1 saturated heterocycles. The number of aryl methyl sites for hydroxylation is 1. The van der Waals surface area contributed by atoms with Gasteiger partial charge in [0.1, 0.15) is 15.9 Å². The van der Waals surface area contributed by atoms with Crippen molar-refractivity contribution in [1.82, 2.24) is 24.2 Å². The van der Waals surface area contributed by atoms with Gasteiger partial charge in [0.15, 0.2) is 0 Å². The van der Waals surface area contributed by atoms with Gasteiger partial charge >= 0.3 is 5.69 Å². The standard InChI is InChI=1S/C15H21N5O2S2/c1-4-20-12(17-18(2)15(20)22)10-6-5-7-19(8-10)13(21)11-9-24-14(16-11)23-3/h9-10H,4-8H2,1-3H3/t10-/m0/s1. The highest BCUT2D eigenvalue weighted by atomic mass is 32.2. The van der Waals surface area contributed by atoms with Gasteiger partial charge in [-0.2, -0.15) is 5.10 Å². The zero-order valence-electron chi connectivity index (χ0n) is 14.1. The van der Waals surface area contributed by atoms with E-state index in [0.717, 1.165) is 29.6 Å². The number of thioether (sulfide) groups is 1. The number of amides is 1. The minimum atomic E-state index is -0.0972. The van der Waals surface area contributed by atoms with Crippen LogP contribution in [0.3, 0.4) is 0 Å². The van der Waals surface area contributed by atoms with E-state index in [1.165, 1.54) is 16.0 Å². The number of thiazole rings is 1. The molecule has 0 aromatic carbocycles. The van der Waals surface area contributed by atoms with Crippen molar-refractivity contribution in [3.05, 3.63) is 27.4 Å². The summed E-state index contributed by atoms with van der Waals surface area (Å²) in [6, 6.07) is 0. The molecule has 0 N–H and O–H groups in total. The number of rotatable bonds is 4. The predicted octanol–water partition coefficient (Wildman–Crippen LogP) is 1.80. The van der Waals surface area contributed by atoms with E-state index in [1.54, 1.807) is 23.4 Å². The van der Waals surface area contributed by atoms with Crippen molar-refractivity contribution >= 4 is 29.0 Å². The van der Waals surface area contributed by atoms with Crippen LogP contribution in [0.25, 0.3) is 0 Å². The number of hydrogen-bond acceptors (Lipinski definition) is 6. The lowest BCUT2D eigenvalue weighted by Gasteiger charge is -2.31. The van der Waals surface area contributed by atoms with Gasteiger partial charge in [-0.05, 0) is 26.0 Å². The molecule has 0 bridgehead atoms. The number of likely N-dealkylation sites (tertiary alicyclic amines) is 1. The van der Waals surface area contributed by atoms with Crippen molar-refractivity contribution < 1.29 is 4.79 Å². The normalized spacial score (nSPS) is 18.1. The lowest BCUT2D eigenvalue weighted by Crippen LogP contribution is -2.40. The molecule has 7 nitrogen and oxygen atoms in total. The smallest absolute Gasteiger partial charge is 0.337 e. The fourth-order valence-electron chi connectivity index (χ4n) is 3.11. The van der Waals surface area contributed by atoms with Gasteiger partial charge in [-0.15, -0.1) is 11.3 Å². The summed E-state index contributed by atoms with van der Waals surface area (Å²) < 4.78 is 3.98. The highest BCUT2D eigenvalue weighted by molar-refractivity contribution is 8.00. The number of aromatic nitrogens is 4. The van der Waals surface area contributed by atoms with Gasteiger partial charge in [-0.25, -0.2) is 14.5 Å². The average Bonchev–Trinajstić information content (AvgIpc) is 3.19. The van der Waals surface area contributed by atoms with Crippen LogP contribution in [0.1, 0.15) is 42.0 Å². The molecule has 130 valence electrons. The first kappa shape index (κ1) is 17.2. The second-order valence-corrected chi connectivity index (χ2v) is 7.71. The topological polar surface area (TPSA) is 73.0 Å². The van der Waals surface area contributed by atoms with Crippen LogP contribution in [0.4, 0.5) is 0 Å². The van der Waals surface area contributed by atoms with Gasteiger partial charge in [-0.3, -0.25) is 9.36 Å². The molecule has 0 radical (unpaired) electrons. The maximum Gasteiger partial charge on any atom is 0.345 e. The van der Waals surface area contributed by atoms with Gasteiger partial charge in [0.25, 0.3) is 5.91 Å². The summed E-state index contributed by atoms with van der Waals surface area (Å²) in [6.45, 7) is 3.85. The van der Waals surface area contributed by atoms with Crippen molar-refractivity contribution in [2.24, 2.45) is 7.05 Å². The Balaban J connectivity index is 1.80. The van der Waals surface area contributed by atoms with Gasteiger partial charge in [-0.1, -0.05) is 11.8 Å². The summed E-state index contributed by atoms with van der Waals surface area (Å²) in [5.41, 5.74) is 0.416.